The molecule has 0 heterocycles. The molecule has 0 amide bonds. The van der Waals surface area contributed by atoms with Gasteiger partial charge in [0.15, 0.2) is 0 Å². The quantitative estimate of drug-likeness (QED) is 0.416. The predicted octanol–water partition coefficient (Wildman–Crippen LogP) is -9.59. The molecule has 7 nitrogen and oxygen atoms in total. The van der Waals surface area contributed by atoms with Crippen LogP contribution in [0.2, 0.25) is 0 Å². The smallest absolute Gasteiger partial charge is 0.368 e. The third kappa shape index (κ3) is 946. The summed E-state index contributed by atoms with van der Waals surface area (Å²) in [6.07, 6.45) is 0. The van der Waals surface area contributed by atoms with Crippen LogP contribution in [0.15, 0.2) is 0 Å². The average molecular weight is 246 g/mol. The maximum absolute atomic E-state index is 8.73. The Labute approximate surface area is 50.8 Å². The molecule has 0 bridgehead atoms. The van der Waals surface area contributed by atoms with Gasteiger partial charge in [-0.15, -0.1) is 0 Å². The van der Waals surface area contributed by atoms with Crippen LogP contribution in [-0.2, 0) is 0 Å². The van der Waals surface area contributed by atoms with Crippen molar-refractivity contribution in [2.45, 2.75) is 0 Å². The maximum atomic E-state index is 8.73. The first-order chi connectivity index (χ1) is 2.00. The molecular formula is H7IO7. The molecule has 8 heavy (non-hydrogen) atoms. The number of rotatable bonds is 0. The Morgan fingerprint density at radius 2 is 0.875 bits per heavy atom. The number of hydrogen-bond donors (Lipinski definition) is 1. The largest absolute Gasteiger partial charge is 0.412 e. The van der Waals surface area contributed by atoms with Crippen molar-refractivity contribution in [3.05, 3.63) is 0 Å². The Kier molecular flexibility index (Phi) is 22.1. The zero-order chi connectivity index (χ0) is 4.50. The topological polar surface area (TPSA) is 184 Å². The van der Waals surface area contributed by atoms with Crippen molar-refractivity contribution in [1.82, 2.24) is 0 Å². The minimum atomic E-state index is -5.69. The van der Waals surface area contributed by atoms with Gasteiger partial charge in [0.1, 0.15) is 0 Å². The summed E-state index contributed by atoms with van der Waals surface area (Å²) in [7, 11) is 0. The van der Waals surface area contributed by atoms with Gasteiger partial charge in [0.05, 0.1) is 0 Å². The first-order valence-electron chi connectivity index (χ1n) is 0.632. The molecule has 8 heteroatoms. The van der Waals surface area contributed by atoms with Crippen molar-refractivity contribution < 1.29 is 50.3 Å². The zero-order valence-electron chi connectivity index (χ0n) is 3.55. The number of hydrogen-bond acceptors (Lipinski definition) is 4. The van der Waals surface area contributed by atoms with E-state index in [0.29, 0.717) is 0 Å². The summed E-state index contributed by atoms with van der Waals surface area (Å²) in [5, 5.41) is 0. The lowest BCUT2D eigenvalue weighted by Crippen LogP contribution is -4.23. The monoisotopic (exact) mass is 246 g/mol. The van der Waals surface area contributed by atoms with Crippen LogP contribution in [0.5, 0.6) is 0 Å². The van der Waals surface area contributed by atoms with E-state index in [4.69, 9.17) is 13.7 Å². The van der Waals surface area contributed by atoms with E-state index in [1.165, 1.54) is 0 Å². The minimum absolute atomic E-state index is 0. The Hall–Kier alpha value is 0.450. The van der Waals surface area contributed by atoms with E-state index in [2.05, 4.69) is 0 Å². The summed E-state index contributed by atoms with van der Waals surface area (Å²) in [4.78, 5) is 0. The van der Waals surface area contributed by atoms with Crippen LogP contribution in [0.1, 0.15) is 0 Å². The first kappa shape index (κ1) is 23.7. The summed E-state index contributed by atoms with van der Waals surface area (Å²) in [6, 6.07) is 0. The van der Waals surface area contributed by atoms with E-state index in [9.17, 15) is 0 Å². The summed E-state index contributed by atoms with van der Waals surface area (Å²) in [5.74, 6) is 0. The lowest BCUT2D eigenvalue weighted by Gasteiger charge is -1.93. The molecule has 0 aliphatic carbocycles. The van der Waals surface area contributed by atoms with Gasteiger partial charge in [0, 0.05) is 3.44 Å². The molecule has 0 aliphatic rings. The van der Waals surface area contributed by atoms with Crippen LogP contribution in [0.3, 0.4) is 0 Å². The molecule has 0 spiro atoms. The molecule has 0 aliphatic heterocycles. The Balaban J connectivity index is -0.0000000267. The lowest BCUT2D eigenvalue weighted by molar-refractivity contribution is -1.92. The molecule has 0 fully saturated rings. The second kappa shape index (κ2) is 7.45. The fraction of sp³-hybridized carbons (Fsp3) is 0. The third-order valence-corrected chi connectivity index (χ3v) is 0. The van der Waals surface area contributed by atoms with E-state index < -0.39 is 20.1 Å². The lowest BCUT2D eigenvalue weighted by atomic mass is 16.0. The molecule has 0 rings (SSSR count). The van der Waals surface area contributed by atoms with Crippen molar-refractivity contribution in [2.24, 2.45) is 0 Å². The highest BCUT2D eigenvalue weighted by Gasteiger charge is 2.11. The molecule has 0 aromatic carbocycles. The second-order valence-electron chi connectivity index (χ2n) is 0.396. The molecule has 0 aromatic rings. The molecule has 0 saturated heterocycles. The standard InChI is InChI=1S/HIO4.3H2O/c2-1(3,4)5;;;/h2H;3*1H2. The van der Waals surface area contributed by atoms with Gasteiger partial charge in [-0.1, -0.05) is 0 Å². The van der Waals surface area contributed by atoms with Gasteiger partial charge >= 0.3 is 20.1 Å². The van der Waals surface area contributed by atoms with E-state index in [-0.39, 0.29) is 16.4 Å². The molecule has 56 valence electrons. The van der Waals surface area contributed by atoms with E-state index >= 15 is 0 Å². The van der Waals surface area contributed by atoms with Crippen molar-refractivity contribution in [3.8, 4) is 0 Å². The summed E-state index contributed by atoms with van der Waals surface area (Å²) < 4.78 is 33.2. The van der Waals surface area contributed by atoms with Crippen LogP contribution in [0.25, 0.3) is 0 Å². The SMILES string of the molecule is O.O.O.[O-][I+3]([O-])([O-])O. The van der Waals surface area contributed by atoms with Gasteiger partial charge in [-0.25, -0.2) is 0 Å². The molecular weight excluding hydrogens is 239 g/mol. The van der Waals surface area contributed by atoms with Crippen LogP contribution in [0.4, 0.5) is 0 Å². The minimum Gasteiger partial charge on any atom is -0.412 e. The predicted molar refractivity (Wildman–Crippen MR) is 13.1 cm³/mol. The normalized spacial score (nSPS) is 7.50. The van der Waals surface area contributed by atoms with Crippen molar-refractivity contribution >= 4 is 0 Å². The van der Waals surface area contributed by atoms with Gasteiger partial charge in [-0.2, -0.15) is 0 Å². The highest BCUT2D eigenvalue weighted by molar-refractivity contribution is 2.15. The zero-order valence-corrected chi connectivity index (χ0v) is 5.71. The average Bonchev–Trinajstić information content (AvgIpc) is 0.722. The van der Waals surface area contributed by atoms with Crippen LogP contribution >= 0.6 is 0 Å². The molecule has 7 N–H and O–H groups in total. The fourth-order valence-electron chi connectivity index (χ4n) is 0. The van der Waals surface area contributed by atoms with Crippen LogP contribution in [-0.4, -0.2) is 19.9 Å². The Morgan fingerprint density at radius 1 is 0.875 bits per heavy atom. The van der Waals surface area contributed by atoms with Crippen molar-refractivity contribution in [3.63, 3.8) is 0 Å². The summed E-state index contributed by atoms with van der Waals surface area (Å²) in [6.45, 7) is 0. The van der Waals surface area contributed by atoms with E-state index in [1.54, 1.807) is 0 Å². The molecule has 0 unspecified atom stereocenters. The highest BCUT2D eigenvalue weighted by Crippen LogP contribution is 0.389. The van der Waals surface area contributed by atoms with Crippen LogP contribution < -0.4 is 30.4 Å². The van der Waals surface area contributed by atoms with Crippen LogP contribution in [0, 0.1) is 0 Å². The van der Waals surface area contributed by atoms with E-state index in [1.807, 2.05) is 0 Å². The highest BCUT2D eigenvalue weighted by atomic mass is 127. The fourth-order valence-corrected chi connectivity index (χ4v) is 0. The van der Waals surface area contributed by atoms with Gasteiger partial charge in [-0.05, 0) is 0 Å². The first-order valence-corrected chi connectivity index (χ1v) is 4.24. The molecule has 0 atom stereocenters. The summed E-state index contributed by atoms with van der Waals surface area (Å²) in [5.41, 5.74) is 0. The Morgan fingerprint density at radius 3 is 0.875 bits per heavy atom. The van der Waals surface area contributed by atoms with Crippen molar-refractivity contribution in [1.29, 1.82) is 0 Å². The summed E-state index contributed by atoms with van der Waals surface area (Å²) >= 11 is -5.69. The Bertz CT molecular complexity index is 19.9. The van der Waals surface area contributed by atoms with Gasteiger partial charge in [0.2, 0.25) is 0 Å². The third-order valence-electron chi connectivity index (χ3n) is 0. The molecule has 0 radical (unpaired) electrons. The van der Waals surface area contributed by atoms with E-state index in [0.717, 1.165) is 0 Å². The second-order valence-corrected chi connectivity index (χ2v) is 2.66. The van der Waals surface area contributed by atoms with Crippen molar-refractivity contribution in [2.75, 3.05) is 0 Å². The van der Waals surface area contributed by atoms with Gasteiger partial charge in [-0.3, -0.25) is 10.3 Å². The van der Waals surface area contributed by atoms with Gasteiger partial charge in [0.25, 0.3) is 0 Å². The molecule has 0 aromatic heterocycles. The van der Waals surface area contributed by atoms with Gasteiger partial charge < -0.3 is 16.4 Å². The maximum Gasteiger partial charge on any atom is 0.368 e. The number of halogens is 1. The molecule has 0 saturated carbocycles.